The summed E-state index contributed by atoms with van der Waals surface area (Å²) in [5, 5.41) is 4.90. The number of benzene rings is 3. The maximum Gasteiger partial charge on any atom is 0.266 e. The molecule has 36 heavy (non-hydrogen) atoms. The van der Waals surface area contributed by atoms with Crippen molar-refractivity contribution in [3.05, 3.63) is 82.6 Å². The minimum Gasteiger partial charge on any atom is -0.497 e. The fourth-order valence-electron chi connectivity index (χ4n) is 3.43. The van der Waals surface area contributed by atoms with Gasteiger partial charge in [0.1, 0.15) is 17.2 Å². The molecule has 0 saturated carbocycles. The lowest BCUT2D eigenvalue weighted by atomic mass is 10.2. The number of amides is 1. The Hall–Kier alpha value is -4.31. The molecule has 1 N–H and O–H groups in total. The maximum absolute atomic E-state index is 13.3. The number of carbonyl (C=O) groups excluding carboxylic acids is 1. The first-order valence-electron chi connectivity index (χ1n) is 10.9. The Balaban J connectivity index is 1.54. The number of aromatic nitrogens is 2. The molecule has 4 rings (SSSR count). The second-order valence-corrected chi connectivity index (χ2v) is 8.38. The van der Waals surface area contributed by atoms with Gasteiger partial charge in [0.15, 0.2) is 5.16 Å². The van der Waals surface area contributed by atoms with Crippen LogP contribution in [0.25, 0.3) is 16.6 Å². The Kier molecular flexibility index (Phi) is 7.86. The summed E-state index contributed by atoms with van der Waals surface area (Å²) in [6.45, 7) is 0. The first kappa shape index (κ1) is 24.8. The van der Waals surface area contributed by atoms with Gasteiger partial charge in [-0.15, -0.1) is 0 Å². The number of fused-ring (bicyclic) bond motifs is 1. The third-order valence-corrected chi connectivity index (χ3v) is 6.18. The van der Waals surface area contributed by atoms with Crippen molar-refractivity contribution in [1.29, 1.82) is 0 Å². The van der Waals surface area contributed by atoms with Gasteiger partial charge >= 0.3 is 0 Å². The largest absolute Gasteiger partial charge is 0.497 e. The zero-order valence-corrected chi connectivity index (χ0v) is 20.7. The first-order chi connectivity index (χ1) is 17.5. The summed E-state index contributed by atoms with van der Waals surface area (Å²) >= 11 is 1.14. The summed E-state index contributed by atoms with van der Waals surface area (Å²) in [6, 6.07) is 19.4. The van der Waals surface area contributed by atoms with Crippen molar-refractivity contribution in [1.82, 2.24) is 15.0 Å². The van der Waals surface area contributed by atoms with E-state index < -0.39 is 0 Å². The van der Waals surface area contributed by atoms with Gasteiger partial charge in [-0.3, -0.25) is 14.2 Å². The first-order valence-corrected chi connectivity index (χ1v) is 11.9. The quantitative estimate of drug-likeness (QED) is 0.161. The van der Waals surface area contributed by atoms with E-state index in [1.54, 1.807) is 82.0 Å². The molecule has 10 heteroatoms. The average Bonchev–Trinajstić information content (AvgIpc) is 2.92. The van der Waals surface area contributed by atoms with E-state index in [9.17, 15) is 9.59 Å². The fourth-order valence-corrected chi connectivity index (χ4v) is 4.23. The minimum absolute atomic E-state index is 0.00196. The summed E-state index contributed by atoms with van der Waals surface area (Å²) in [5.74, 6) is 1.52. The number of ether oxygens (including phenoxy) is 3. The molecule has 1 amide bonds. The number of nitrogens with zero attached hydrogens (tertiary/aromatic N) is 3. The van der Waals surface area contributed by atoms with Crippen LogP contribution in [0, 0.1) is 0 Å². The lowest BCUT2D eigenvalue weighted by Crippen LogP contribution is -2.24. The summed E-state index contributed by atoms with van der Waals surface area (Å²) < 4.78 is 17.2. The Labute approximate surface area is 211 Å². The molecule has 9 nitrogen and oxygen atoms in total. The van der Waals surface area contributed by atoms with Gasteiger partial charge < -0.3 is 14.2 Å². The van der Waals surface area contributed by atoms with Crippen LogP contribution in [-0.4, -0.2) is 48.8 Å². The smallest absolute Gasteiger partial charge is 0.266 e. The van der Waals surface area contributed by atoms with Gasteiger partial charge in [0.25, 0.3) is 11.5 Å². The number of rotatable bonds is 9. The zero-order chi connectivity index (χ0) is 25.5. The van der Waals surface area contributed by atoms with E-state index in [4.69, 9.17) is 14.2 Å². The molecular formula is C26H24N4O5S. The number of methoxy groups -OCH3 is 3. The van der Waals surface area contributed by atoms with Crippen molar-refractivity contribution >= 4 is 34.8 Å². The van der Waals surface area contributed by atoms with Gasteiger partial charge in [-0.1, -0.05) is 23.9 Å². The summed E-state index contributed by atoms with van der Waals surface area (Å²) in [6.07, 6.45) is 1.49. The number of para-hydroxylation sites is 1. The molecule has 0 radical (unpaired) electrons. The molecule has 0 atom stereocenters. The summed E-state index contributed by atoms with van der Waals surface area (Å²) in [5.41, 5.74) is 4.12. The highest BCUT2D eigenvalue weighted by Crippen LogP contribution is 2.24. The van der Waals surface area contributed by atoms with Gasteiger partial charge in [0.05, 0.1) is 49.9 Å². The Morgan fingerprint density at radius 2 is 1.72 bits per heavy atom. The van der Waals surface area contributed by atoms with Gasteiger partial charge in [-0.2, -0.15) is 5.10 Å². The Bertz CT molecular complexity index is 1470. The van der Waals surface area contributed by atoms with E-state index in [-0.39, 0.29) is 17.2 Å². The number of nitrogens with one attached hydrogen (secondary N) is 1. The van der Waals surface area contributed by atoms with Crippen molar-refractivity contribution in [2.75, 3.05) is 27.1 Å². The fraction of sp³-hybridized carbons (Fsp3) is 0.154. The SMILES string of the molecule is COc1ccc(-n2c(SCC(=O)N/N=C/c3ccc(OC)cc3OC)nc3ccccc3c2=O)cc1. The molecule has 1 aromatic heterocycles. The van der Waals surface area contributed by atoms with Crippen LogP contribution in [0.15, 0.2) is 81.8 Å². The third kappa shape index (κ3) is 5.49. The zero-order valence-electron chi connectivity index (χ0n) is 19.9. The molecule has 3 aromatic carbocycles. The third-order valence-electron chi connectivity index (χ3n) is 5.24. The predicted molar refractivity (Wildman–Crippen MR) is 140 cm³/mol. The molecule has 0 saturated heterocycles. The van der Waals surface area contributed by atoms with Crippen molar-refractivity contribution in [2.45, 2.75) is 5.16 Å². The van der Waals surface area contributed by atoms with E-state index in [0.29, 0.717) is 44.6 Å². The monoisotopic (exact) mass is 504 g/mol. The molecule has 0 unspecified atom stereocenters. The van der Waals surface area contributed by atoms with Crippen molar-refractivity contribution < 1.29 is 19.0 Å². The lowest BCUT2D eigenvalue weighted by molar-refractivity contribution is -0.118. The van der Waals surface area contributed by atoms with E-state index >= 15 is 0 Å². The molecule has 4 aromatic rings. The molecule has 0 aliphatic heterocycles. The lowest BCUT2D eigenvalue weighted by Gasteiger charge is -2.13. The van der Waals surface area contributed by atoms with Crippen LogP contribution < -0.4 is 25.2 Å². The van der Waals surface area contributed by atoms with Crippen LogP contribution in [0.2, 0.25) is 0 Å². The molecule has 0 bridgehead atoms. The van der Waals surface area contributed by atoms with E-state index in [0.717, 1.165) is 11.8 Å². The molecular weight excluding hydrogens is 480 g/mol. The van der Waals surface area contributed by atoms with Gasteiger partial charge in [-0.05, 0) is 48.5 Å². The average molecular weight is 505 g/mol. The highest BCUT2D eigenvalue weighted by Gasteiger charge is 2.15. The van der Waals surface area contributed by atoms with Crippen LogP contribution in [0.4, 0.5) is 0 Å². The standard InChI is InChI=1S/C26H24N4O5S/c1-33-19-12-9-18(10-13-19)30-25(32)21-6-4-5-7-22(21)28-26(30)36-16-24(31)29-27-15-17-8-11-20(34-2)14-23(17)35-3/h4-15H,16H2,1-3H3,(H,29,31)/b27-15+. The molecule has 0 spiro atoms. The highest BCUT2D eigenvalue weighted by molar-refractivity contribution is 7.99. The van der Waals surface area contributed by atoms with Crippen molar-refractivity contribution in [3.63, 3.8) is 0 Å². The molecule has 0 aliphatic rings. The Morgan fingerprint density at radius 1 is 1.00 bits per heavy atom. The molecule has 1 heterocycles. The topological polar surface area (TPSA) is 104 Å². The van der Waals surface area contributed by atoms with Crippen LogP contribution in [0.3, 0.4) is 0 Å². The van der Waals surface area contributed by atoms with Crippen molar-refractivity contribution in [3.8, 4) is 22.9 Å². The molecule has 0 aliphatic carbocycles. The predicted octanol–water partition coefficient (Wildman–Crippen LogP) is 3.65. The number of hydrogen-bond donors (Lipinski definition) is 1. The normalized spacial score (nSPS) is 11.0. The maximum atomic E-state index is 13.3. The van der Waals surface area contributed by atoms with Crippen LogP contribution in [-0.2, 0) is 4.79 Å². The van der Waals surface area contributed by atoms with E-state index in [1.165, 1.54) is 10.8 Å². The van der Waals surface area contributed by atoms with Gasteiger partial charge in [0.2, 0.25) is 0 Å². The van der Waals surface area contributed by atoms with Crippen LogP contribution >= 0.6 is 11.8 Å². The molecule has 0 fully saturated rings. The number of hydrogen-bond acceptors (Lipinski definition) is 8. The van der Waals surface area contributed by atoms with Crippen molar-refractivity contribution in [2.24, 2.45) is 5.10 Å². The molecule has 184 valence electrons. The van der Waals surface area contributed by atoms with Gasteiger partial charge in [-0.25, -0.2) is 10.4 Å². The second kappa shape index (κ2) is 11.4. The summed E-state index contributed by atoms with van der Waals surface area (Å²) in [7, 11) is 4.69. The summed E-state index contributed by atoms with van der Waals surface area (Å²) in [4.78, 5) is 30.5. The number of hydrazone groups is 1. The number of thioether (sulfide) groups is 1. The highest BCUT2D eigenvalue weighted by atomic mass is 32.2. The Morgan fingerprint density at radius 3 is 2.44 bits per heavy atom. The van der Waals surface area contributed by atoms with Crippen LogP contribution in [0.1, 0.15) is 5.56 Å². The second-order valence-electron chi connectivity index (χ2n) is 7.44. The number of carbonyl (C=O) groups is 1. The van der Waals surface area contributed by atoms with Crippen LogP contribution in [0.5, 0.6) is 17.2 Å². The van der Waals surface area contributed by atoms with Gasteiger partial charge in [0, 0.05) is 11.6 Å². The van der Waals surface area contributed by atoms with E-state index in [2.05, 4.69) is 15.5 Å². The minimum atomic E-state index is -0.354. The van der Waals surface area contributed by atoms with E-state index in [1.807, 2.05) is 6.07 Å².